The Hall–Kier alpha value is -3.56. The van der Waals surface area contributed by atoms with E-state index in [1.54, 1.807) is 13.2 Å². The first kappa shape index (κ1) is 24.1. The van der Waals surface area contributed by atoms with E-state index < -0.39 is 11.8 Å². The Morgan fingerprint density at radius 3 is 2.47 bits per heavy atom. The van der Waals surface area contributed by atoms with E-state index >= 15 is 4.39 Å². The van der Waals surface area contributed by atoms with E-state index in [-0.39, 0.29) is 22.9 Å². The van der Waals surface area contributed by atoms with Crippen molar-refractivity contribution >= 4 is 17.4 Å². The summed E-state index contributed by atoms with van der Waals surface area (Å²) in [7, 11) is 1.71. The van der Waals surface area contributed by atoms with Gasteiger partial charge in [-0.25, -0.2) is 9.37 Å². The molecule has 0 unspecified atom stereocenters. The van der Waals surface area contributed by atoms with Crippen molar-refractivity contribution in [3.05, 3.63) is 65.4 Å². The third-order valence-corrected chi connectivity index (χ3v) is 6.94. The number of hydrogen-bond acceptors (Lipinski definition) is 6. The number of pyridine rings is 1. The molecule has 1 saturated heterocycles. The zero-order valence-corrected chi connectivity index (χ0v) is 20.2. The van der Waals surface area contributed by atoms with Gasteiger partial charge in [-0.05, 0) is 47.9 Å². The molecule has 9 heteroatoms. The third-order valence-electron chi connectivity index (χ3n) is 6.94. The third kappa shape index (κ3) is 4.76. The fourth-order valence-corrected chi connectivity index (χ4v) is 4.87. The summed E-state index contributed by atoms with van der Waals surface area (Å²) in [4.78, 5) is 20.6. The summed E-state index contributed by atoms with van der Waals surface area (Å²) in [6, 6.07) is 12.0. The number of halogens is 2. The lowest BCUT2D eigenvalue weighted by Crippen LogP contribution is -2.47. The number of carbonyl (C=O) groups is 1. The molecule has 2 aromatic carbocycles. The first-order valence-electron chi connectivity index (χ1n) is 12.1. The molecule has 2 aliphatic rings. The monoisotopic (exact) mass is 493 g/mol. The number of hydrogen-bond donors (Lipinski definition) is 2. The number of nitrogens with two attached hydrogens (primary N) is 1. The summed E-state index contributed by atoms with van der Waals surface area (Å²) < 4.78 is 35.1. The van der Waals surface area contributed by atoms with Crippen LogP contribution < -0.4 is 16.0 Å². The van der Waals surface area contributed by atoms with Gasteiger partial charge in [0.2, 0.25) is 5.95 Å². The highest BCUT2D eigenvalue weighted by Gasteiger charge is 2.23. The fraction of sp³-hybridized carbons (Fsp3) is 0.333. The summed E-state index contributed by atoms with van der Waals surface area (Å²) >= 11 is 0. The predicted molar refractivity (Wildman–Crippen MR) is 136 cm³/mol. The number of nitrogens with zero attached hydrogens (tertiary/aromatic N) is 3. The standard InChI is InChI=1S/C27H29F2N5O2/c1-36-13-12-33-8-10-34(11-9-33)19-4-2-17(3-5-19)20-15-23(26(30)32-25(20)29)22-14-18-6-7-31-27(35)21(18)16-24(22)28/h2-5,14-16H,6-13H2,1H3,(H2,30,32)(H,31,35). The Morgan fingerprint density at radius 2 is 1.75 bits per heavy atom. The van der Waals surface area contributed by atoms with Crippen LogP contribution in [0.3, 0.4) is 0 Å². The van der Waals surface area contributed by atoms with Crippen LogP contribution in [0.15, 0.2) is 42.5 Å². The highest BCUT2D eigenvalue weighted by molar-refractivity contribution is 5.97. The molecule has 188 valence electrons. The Kier molecular flexibility index (Phi) is 6.84. The first-order valence-corrected chi connectivity index (χ1v) is 12.1. The van der Waals surface area contributed by atoms with Crippen molar-refractivity contribution in [2.45, 2.75) is 6.42 Å². The maximum atomic E-state index is 15.0. The van der Waals surface area contributed by atoms with E-state index in [0.29, 0.717) is 29.7 Å². The molecule has 1 aromatic heterocycles. The molecular weight excluding hydrogens is 464 g/mol. The van der Waals surface area contributed by atoms with Crippen LogP contribution in [-0.4, -0.2) is 68.8 Å². The zero-order chi connectivity index (χ0) is 25.2. The maximum Gasteiger partial charge on any atom is 0.251 e. The summed E-state index contributed by atoms with van der Waals surface area (Å²) in [5.74, 6) is -1.72. The molecule has 0 saturated carbocycles. The number of nitrogens with one attached hydrogen (secondary N) is 1. The largest absolute Gasteiger partial charge is 0.383 e. The van der Waals surface area contributed by atoms with Gasteiger partial charge in [0, 0.05) is 74.3 Å². The normalized spacial score (nSPS) is 16.1. The van der Waals surface area contributed by atoms with E-state index in [4.69, 9.17) is 10.5 Å². The lowest BCUT2D eigenvalue weighted by molar-refractivity contribution is 0.0945. The number of rotatable bonds is 6. The summed E-state index contributed by atoms with van der Waals surface area (Å²) in [5, 5.41) is 2.71. The van der Waals surface area contributed by atoms with Gasteiger partial charge in [-0.2, -0.15) is 4.39 Å². The van der Waals surface area contributed by atoms with Crippen molar-refractivity contribution in [1.82, 2.24) is 15.2 Å². The molecular formula is C27H29F2N5O2. The number of anilines is 2. The van der Waals surface area contributed by atoms with Crippen LogP contribution in [-0.2, 0) is 11.2 Å². The fourth-order valence-electron chi connectivity index (χ4n) is 4.87. The number of piperazine rings is 1. The van der Waals surface area contributed by atoms with Crippen LogP contribution in [0, 0.1) is 11.8 Å². The zero-order valence-electron chi connectivity index (χ0n) is 20.2. The molecule has 0 bridgehead atoms. The van der Waals surface area contributed by atoms with Gasteiger partial charge < -0.3 is 20.7 Å². The molecule has 1 fully saturated rings. The topological polar surface area (TPSA) is 83.7 Å². The molecule has 2 aliphatic heterocycles. The van der Waals surface area contributed by atoms with Gasteiger partial charge in [-0.15, -0.1) is 0 Å². The second-order valence-electron chi connectivity index (χ2n) is 9.12. The average molecular weight is 494 g/mol. The number of carbonyl (C=O) groups excluding carboxylic acids is 1. The Labute approximate surface area is 208 Å². The van der Waals surface area contributed by atoms with Crippen molar-refractivity contribution in [1.29, 1.82) is 0 Å². The van der Waals surface area contributed by atoms with Gasteiger partial charge in [-0.3, -0.25) is 9.69 Å². The Morgan fingerprint density at radius 1 is 1.00 bits per heavy atom. The molecule has 5 rings (SSSR count). The van der Waals surface area contributed by atoms with Crippen molar-refractivity contribution in [2.24, 2.45) is 0 Å². The average Bonchev–Trinajstić information content (AvgIpc) is 2.89. The van der Waals surface area contributed by atoms with Gasteiger partial charge >= 0.3 is 0 Å². The molecule has 3 heterocycles. The number of amides is 1. The van der Waals surface area contributed by atoms with Crippen molar-refractivity contribution in [3.63, 3.8) is 0 Å². The van der Waals surface area contributed by atoms with Gasteiger partial charge in [-0.1, -0.05) is 12.1 Å². The summed E-state index contributed by atoms with van der Waals surface area (Å²) in [6.07, 6.45) is 0.581. The van der Waals surface area contributed by atoms with Gasteiger partial charge in [0.1, 0.15) is 11.6 Å². The lowest BCUT2D eigenvalue weighted by atomic mass is 9.93. The van der Waals surface area contributed by atoms with Gasteiger partial charge in [0.25, 0.3) is 5.91 Å². The van der Waals surface area contributed by atoms with Crippen LogP contribution >= 0.6 is 0 Å². The Balaban J connectivity index is 1.40. The summed E-state index contributed by atoms with van der Waals surface area (Å²) in [6.45, 7) is 5.85. The second kappa shape index (κ2) is 10.2. The minimum atomic E-state index is -0.714. The van der Waals surface area contributed by atoms with Crippen LogP contribution in [0.2, 0.25) is 0 Å². The molecule has 0 radical (unpaired) electrons. The highest BCUT2D eigenvalue weighted by Crippen LogP contribution is 2.35. The molecule has 0 atom stereocenters. The lowest BCUT2D eigenvalue weighted by Gasteiger charge is -2.36. The van der Waals surface area contributed by atoms with Crippen molar-refractivity contribution < 1.29 is 18.3 Å². The SMILES string of the molecule is COCCN1CCN(c2ccc(-c3cc(-c4cc5c(cc4F)C(=O)NCC5)c(N)nc3F)cc2)CC1. The molecule has 0 spiro atoms. The van der Waals surface area contributed by atoms with E-state index in [0.717, 1.165) is 50.6 Å². The number of aromatic nitrogens is 1. The first-order chi connectivity index (χ1) is 17.4. The number of ether oxygens (including phenoxy) is 1. The molecule has 3 aromatic rings. The molecule has 1 amide bonds. The van der Waals surface area contributed by atoms with Crippen LogP contribution in [0.5, 0.6) is 0 Å². The number of nitrogen functional groups attached to an aromatic ring is 1. The quantitative estimate of drug-likeness (QED) is 0.513. The molecule has 0 aliphatic carbocycles. The van der Waals surface area contributed by atoms with Crippen molar-refractivity contribution in [3.8, 4) is 22.3 Å². The number of fused-ring (bicyclic) bond motifs is 1. The number of methoxy groups -OCH3 is 1. The minimum Gasteiger partial charge on any atom is -0.383 e. The highest BCUT2D eigenvalue weighted by atomic mass is 19.1. The van der Waals surface area contributed by atoms with E-state index in [2.05, 4.69) is 20.1 Å². The van der Waals surface area contributed by atoms with Crippen LogP contribution in [0.4, 0.5) is 20.3 Å². The maximum absolute atomic E-state index is 15.0. The van der Waals surface area contributed by atoms with Crippen LogP contribution in [0.1, 0.15) is 15.9 Å². The minimum absolute atomic E-state index is 0.0988. The Bertz CT molecular complexity index is 1270. The second-order valence-corrected chi connectivity index (χ2v) is 9.12. The molecule has 36 heavy (non-hydrogen) atoms. The van der Waals surface area contributed by atoms with Gasteiger partial charge in [0.15, 0.2) is 0 Å². The smallest absolute Gasteiger partial charge is 0.251 e. The summed E-state index contributed by atoms with van der Waals surface area (Å²) in [5.41, 5.74) is 9.50. The van der Waals surface area contributed by atoms with Gasteiger partial charge in [0.05, 0.1) is 6.61 Å². The van der Waals surface area contributed by atoms with Crippen molar-refractivity contribution in [2.75, 3.05) is 63.6 Å². The van der Waals surface area contributed by atoms with Crippen LogP contribution in [0.25, 0.3) is 22.3 Å². The van der Waals surface area contributed by atoms with E-state index in [1.807, 2.05) is 24.3 Å². The van der Waals surface area contributed by atoms with E-state index in [9.17, 15) is 9.18 Å². The number of benzene rings is 2. The molecule has 7 nitrogen and oxygen atoms in total. The predicted octanol–water partition coefficient (Wildman–Crippen LogP) is 3.33. The van der Waals surface area contributed by atoms with E-state index in [1.165, 1.54) is 12.1 Å². The molecule has 3 N–H and O–H groups in total.